The Morgan fingerprint density at radius 3 is 2.22 bits per heavy atom. The third kappa shape index (κ3) is 3.89. The molecule has 27 heavy (non-hydrogen) atoms. The summed E-state index contributed by atoms with van der Waals surface area (Å²) < 4.78 is 18.6. The number of imide groups is 1. The highest BCUT2D eigenvalue weighted by atomic mass is 19.1. The molecule has 1 heterocycles. The fourth-order valence-electron chi connectivity index (χ4n) is 3.12. The van der Waals surface area contributed by atoms with Gasteiger partial charge in [-0.05, 0) is 42.2 Å². The van der Waals surface area contributed by atoms with E-state index in [1.54, 1.807) is 30.3 Å². The van der Waals surface area contributed by atoms with E-state index in [1.165, 1.54) is 18.2 Å². The molecular formula is C21H20FNO4. The van der Waals surface area contributed by atoms with Gasteiger partial charge in [-0.1, -0.05) is 38.1 Å². The number of ether oxygens (including phenoxy) is 1. The second-order valence-electron chi connectivity index (χ2n) is 6.91. The lowest BCUT2D eigenvalue weighted by Crippen LogP contribution is -2.46. The van der Waals surface area contributed by atoms with Crippen LogP contribution < -0.4 is 0 Å². The first-order valence-electron chi connectivity index (χ1n) is 8.76. The molecule has 0 bridgehead atoms. The lowest BCUT2D eigenvalue weighted by atomic mass is 10.0. The molecule has 0 fully saturated rings. The number of hydrogen-bond acceptors (Lipinski definition) is 4. The molecule has 1 atom stereocenters. The highest BCUT2D eigenvalue weighted by molar-refractivity contribution is 6.22. The molecule has 0 aliphatic carbocycles. The number of nitrogens with zero attached hydrogens (tertiary/aromatic N) is 1. The molecule has 0 saturated heterocycles. The zero-order valence-corrected chi connectivity index (χ0v) is 15.1. The minimum absolute atomic E-state index is 0.0565. The smallest absolute Gasteiger partial charge is 0.329 e. The second kappa shape index (κ2) is 7.70. The van der Waals surface area contributed by atoms with Gasteiger partial charge in [0, 0.05) is 0 Å². The minimum Gasteiger partial charge on any atom is -0.459 e. The van der Waals surface area contributed by atoms with Gasteiger partial charge in [0.1, 0.15) is 18.5 Å². The van der Waals surface area contributed by atoms with Crippen LogP contribution in [-0.4, -0.2) is 28.7 Å². The Bertz CT molecular complexity index is 858. The number of fused-ring (bicyclic) bond motifs is 1. The van der Waals surface area contributed by atoms with Gasteiger partial charge in [-0.15, -0.1) is 0 Å². The van der Waals surface area contributed by atoms with Gasteiger partial charge in [0.2, 0.25) is 0 Å². The Hall–Kier alpha value is -3.02. The number of carbonyl (C=O) groups is 3. The van der Waals surface area contributed by atoms with Gasteiger partial charge in [-0.3, -0.25) is 14.5 Å². The summed E-state index contributed by atoms with van der Waals surface area (Å²) in [4.78, 5) is 39.1. The molecule has 0 spiro atoms. The van der Waals surface area contributed by atoms with Crippen LogP contribution in [0.4, 0.5) is 4.39 Å². The first-order chi connectivity index (χ1) is 12.9. The zero-order valence-electron chi connectivity index (χ0n) is 15.1. The van der Waals surface area contributed by atoms with Crippen LogP contribution in [0.15, 0.2) is 48.5 Å². The van der Waals surface area contributed by atoms with E-state index in [9.17, 15) is 18.8 Å². The monoisotopic (exact) mass is 369 g/mol. The summed E-state index contributed by atoms with van der Waals surface area (Å²) in [6.45, 7) is 3.66. The number of esters is 1. The molecule has 0 unspecified atom stereocenters. The minimum atomic E-state index is -1.02. The SMILES string of the molecule is CC(C)C[C@H](C(=O)OCc1cccc(F)c1)N1C(=O)c2ccccc2C1=O. The van der Waals surface area contributed by atoms with Crippen LogP contribution in [0, 0.1) is 11.7 Å². The molecule has 3 rings (SSSR count). The van der Waals surface area contributed by atoms with Crippen LogP contribution in [0.25, 0.3) is 0 Å². The maximum absolute atomic E-state index is 13.3. The van der Waals surface area contributed by atoms with E-state index in [2.05, 4.69) is 0 Å². The van der Waals surface area contributed by atoms with Gasteiger partial charge >= 0.3 is 5.97 Å². The van der Waals surface area contributed by atoms with Crippen molar-refractivity contribution in [2.75, 3.05) is 0 Å². The van der Waals surface area contributed by atoms with Crippen molar-refractivity contribution in [2.45, 2.75) is 32.9 Å². The zero-order chi connectivity index (χ0) is 19.6. The van der Waals surface area contributed by atoms with Crippen molar-refractivity contribution in [2.24, 2.45) is 5.92 Å². The second-order valence-corrected chi connectivity index (χ2v) is 6.91. The van der Waals surface area contributed by atoms with E-state index in [4.69, 9.17) is 4.74 Å². The number of halogens is 1. The van der Waals surface area contributed by atoms with E-state index in [1.807, 2.05) is 13.8 Å². The Kier molecular flexibility index (Phi) is 5.35. The predicted molar refractivity (Wildman–Crippen MR) is 96.4 cm³/mol. The molecule has 2 amide bonds. The maximum atomic E-state index is 13.3. The van der Waals surface area contributed by atoms with Gasteiger partial charge in [-0.25, -0.2) is 9.18 Å². The Balaban J connectivity index is 1.81. The predicted octanol–water partition coefficient (Wildman–Crippen LogP) is 3.58. The van der Waals surface area contributed by atoms with Crippen molar-refractivity contribution in [3.8, 4) is 0 Å². The molecule has 5 nitrogen and oxygen atoms in total. The molecule has 2 aromatic rings. The van der Waals surface area contributed by atoms with Crippen molar-refractivity contribution >= 4 is 17.8 Å². The quantitative estimate of drug-likeness (QED) is 0.577. The molecule has 1 aliphatic heterocycles. The average Bonchev–Trinajstić information content (AvgIpc) is 2.89. The van der Waals surface area contributed by atoms with Gasteiger partial charge in [0.15, 0.2) is 0 Å². The van der Waals surface area contributed by atoms with Crippen molar-refractivity contribution in [1.29, 1.82) is 0 Å². The maximum Gasteiger partial charge on any atom is 0.329 e. The molecular weight excluding hydrogens is 349 g/mol. The number of carbonyl (C=O) groups excluding carboxylic acids is 3. The van der Waals surface area contributed by atoms with Gasteiger partial charge in [0.25, 0.3) is 11.8 Å². The van der Waals surface area contributed by atoms with Crippen LogP contribution in [-0.2, 0) is 16.1 Å². The first kappa shape index (κ1) is 18.8. The summed E-state index contributed by atoms with van der Waals surface area (Å²) in [5.74, 6) is -2.04. The Morgan fingerprint density at radius 2 is 1.67 bits per heavy atom. The highest BCUT2D eigenvalue weighted by Gasteiger charge is 2.43. The van der Waals surface area contributed by atoms with E-state index >= 15 is 0 Å². The third-order valence-electron chi connectivity index (χ3n) is 4.37. The van der Waals surface area contributed by atoms with Gasteiger partial charge < -0.3 is 4.74 Å². The van der Waals surface area contributed by atoms with E-state index in [-0.39, 0.29) is 30.1 Å². The normalized spacial score (nSPS) is 14.4. The van der Waals surface area contributed by atoms with Crippen LogP contribution in [0.2, 0.25) is 0 Å². The number of benzene rings is 2. The van der Waals surface area contributed by atoms with Crippen molar-refractivity contribution in [1.82, 2.24) is 4.90 Å². The topological polar surface area (TPSA) is 63.7 Å². The average molecular weight is 369 g/mol. The van der Waals surface area contributed by atoms with Crippen LogP contribution in [0.5, 0.6) is 0 Å². The first-order valence-corrected chi connectivity index (χ1v) is 8.76. The summed E-state index contributed by atoms with van der Waals surface area (Å²) in [5, 5.41) is 0. The highest BCUT2D eigenvalue weighted by Crippen LogP contribution is 2.27. The summed E-state index contributed by atoms with van der Waals surface area (Å²) >= 11 is 0. The molecule has 0 saturated carbocycles. The molecule has 140 valence electrons. The fraction of sp³-hybridized carbons (Fsp3) is 0.286. The Labute approximate surface area is 156 Å². The summed E-state index contributed by atoms with van der Waals surface area (Å²) in [6, 6.07) is 11.2. The number of hydrogen-bond donors (Lipinski definition) is 0. The molecule has 6 heteroatoms. The van der Waals surface area contributed by atoms with Crippen molar-refractivity contribution in [3.63, 3.8) is 0 Å². The standard InChI is InChI=1S/C21H20FNO4/c1-13(2)10-18(21(26)27-12-14-6-5-7-15(22)11-14)23-19(24)16-8-3-4-9-17(16)20(23)25/h3-9,11,13,18H,10,12H2,1-2H3/t18-/m1/s1. The van der Waals surface area contributed by atoms with Crippen LogP contribution in [0.1, 0.15) is 46.5 Å². The largest absolute Gasteiger partial charge is 0.459 e. The summed E-state index contributed by atoms with van der Waals surface area (Å²) in [5.41, 5.74) is 1.07. The molecule has 0 N–H and O–H groups in total. The van der Waals surface area contributed by atoms with E-state index in [0.29, 0.717) is 5.56 Å². The van der Waals surface area contributed by atoms with Crippen molar-refractivity contribution in [3.05, 3.63) is 71.0 Å². The lowest BCUT2D eigenvalue weighted by Gasteiger charge is -2.26. The summed E-state index contributed by atoms with van der Waals surface area (Å²) in [7, 11) is 0. The lowest BCUT2D eigenvalue weighted by molar-refractivity contribution is -0.150. The van der Waals surface area contributed by atoms with Crippen LogP contribution in [0.3, 0.4) is 0 Å². The Morgan fingerprint density at radius 1 is 1.04 bits per heavy atom. The molecule has 1 aliphatic rings. The number of rotatable bonds is 6. The third-order valence-corrected chi connectivity index (χ3v) is 4.37. The van der Waals surface area contributed by atoms with Gasteiger partial charge in [0.05, 0.1) is 11.1 Å². The van der Waals surface area contributed by atoms with Crippen LogP contribution >= 0.6 is 0 Å². The number of amides is 2. The summed E-state index contributed by atoms with van der Waals surface area (Å²) in [6.07, 6.45) is 0.285. The van der Waals surface area contributed by atoms with E-state index in [0.717, 1.165) is 4.90 Å². The molecule has 2 aromatic carbocycles. The van der Waals surface area contributed by atoms with Crippen molar-refractivity contribution < 1.29 is 23.5 Å². The molecule has 0 aromatic heterocycles. The van der Waals surface area contributed by atoms with Gasteiger partial charge in [-0.2, -0.15) is 0 Å². The molecule has 0 radical (unpaired) electrons. The fourth-order valence-corrected chi connectivity index (χ4v) is 3.12. The van der Waals surface area contributed by atoms with E-state index < -0.39 is 29.6 Å².